The molecule has 1 aliphatic rings. The maximum Gasteiger partial charge on any atom is 0.332 e. The molecule has 1 atom stereocenters. The number of rotatable bonds is 5. The summed E-state index contributed by atoms with van der Waals surface area (Å²) in [7, 11) is 3.20. The summed E-state index contributed by atoms with van der Waals surface area (Å²) in [4.78, 5) is 43.0. The zero-order valence-electron chi connectivity index (χ0n) is 16.7. The van der Waals surface area contributed by atoms with Gasteiger partial charge in [-0.1, -0.05) is 51.3 Å². The number of carbonyl (C=O) groups is 3. The number of halogens is 3. The Labute approximate surface area is 193 Å². The molecule has 6 nitrogen and oxygen atoms in total. The summed E-state index contributed by atoms with van der Waals surface area (Å²) < 4.78 is 0.903. The summed E-state index contributed by atoms with van der Waals surface area (Å²) in [5, 5.41) is 0.603. The highest BCUT2D eigenvalue weighted by Gasteiger charge is 2.55. The van der Waals surface area contributed by atoms with Gasteiger partial charge in [0.1, 0.15) is 12.1 Å². The number of benzene rings is 2. The van der Waals surface area contributed by atoms with Crippen LogP contribution in [-0.4, -0.2) is 53.8 Å². The summed E-state index contributed by atoms with van der Waals surface area (Å²) in [5.74, 6) is -0.732. The Morgan fingerprint density at radius 3 is 2.17 bits per heavy atom. The van der Waals surface area contributed by atoms with Crippen LogP contribution >= 0.6 is 39.1 Å². The fourth-order valence-electron chi connectivity index (χ4n) is 3.36. The van der Waals surface area contributed by atoms with Gasteiger partial charge in [0, 0.05) is 35.0 Å². The van der Waals surface area contributed by atoms with E-state index in [9.17, 15) is 14.4 Å². The fraction of sp³-hybridized carbons (Fsp3) is 0.286. The van der Waals surface area contributed by atoms with Gasteiger partial charge < -0.3 is 4.90 Å². The average molecular weight is 513 g/mol. The first-order valence-corrected chi connectivity index (χ1v) is 10.6. The van der Waals surface area contributed by atoms with E-state index < -0.39 is 17.5 Å². The van der Waals surface area contributed by atoms with Crippen molar-refractivity contribution in [1.82, 2.24) is 9.80 Å². The molecule has 9 heteroatoms. The molecule has 0 radical (unpaired) electrons. The van der Waals surface area contributed by atoms with E-state index in [1.807, 2.05) is 24.3 Å². The second kappa shape index (κ2) is 8.57. The Bertz CT molecular complexity index is 993. The number of nitrogens with zero attached hydrogens (tertiary/aromatic N) is 3. The van der Waals surface area contributed by atoms with Gasteiger partial charge in [0.05, 0.1) is 5.69 Å². The predicted octanol–water partition coefficient (Wildman–Crippen LogP) is 4.61. The van der Waals surface area contributed by atoms with Crippen molar-refractivity contribution in [3.05, 3.63) is 62.5 Å². The number of hydrogen-bond donors (Lipinski definition) is 0. The van der Waals surface area contributed by atoms with Crippen LogP contribution in [0.25, 0.3) is 0 Å². The Morgan fingerprint density at radius 2 is 1.63 bits per heavy atom. The lowest BCUT2D eigenvalue weighted by Crippen LogP contribution is -2.52. The van der Waals surface area contributed by atoms with E-state index in [2.05, 4.69) is 15.9 Å². The predicted molar refractivity (Wildman–Crippen MR) is 121 cm³/mol. The highest BCUT2D eigenvalue weighted by molar-refractivity contribution is 9.10. The molecule has 1 heterocycles. The van der Waals surface area contributed by atoms with Crippen LogP contribution in [0.15, 0.2) is 46.9 Å². The smallest absolute Gasteiger partial charge is 0.332 e. The lowest BCUT2D eigenvalue weighted by Gasteiger charge is -2.32. The number of carbonyl (C=O) groups excluding carboxylic acids is 3. The maximum absolute atomic E-state index is 13.5. The molecule has 30 heavy (non-hydrogen) atoms. The first-order valence-electron chi connectivity index (χ1n) is 9.10. The highest BCUT2D eigenvalue weighted by Crippen LogP contribution is 2.37. The van der Waals surface area contributed by atoms with Gasteiger partial charge in [-0.05, 0) is 42.8 Å². The minimum atomic E-state index is -1.26. The van der Waals surface area contributed by atoms with E-state index in [-0.39, 0.29) is 24.6 Å². The SMILES string of the molecule is CN(C)C(=O)CN1C(=O)N(c2cc(Cl)cc(Cl)c2)C(=O)[C@@]1(C)Cc1ccc(Br)cc1. The number of urea groups is 1. The molecule has 0 aromatic heterocycles. The van der Waals surface area contributed by atoms with Crippen LogP contribution in [0.1, 0.15) is 12.5 Å². The van der Waals surface area contributed by atoms with Crippen LogP contribution in [0.4, 0.5) is 10.5 Å². The molecule has 4 amide bonds. The van der Waals surface area contributed by atoms with E-state index >= 15 is 0 Å². The molecule has 158 valence electrons. The van der Waals surface area contributed by atoms with Crippen LogP contribution in [0.5, 0.6) is 0 Å². The molecule has 1 saturated heterocycles. The molecule has 1 fully saturated rings. The van der Waals surface area contributed by atoms with Gasteiger partial charge in [-0.2, -0.15) is 0 Å². The average Bonchev–Trinajstić information content (AvgIpc) is 2.83. The van der Waals surface area contributed by atoms with Crippen LogP contribution in [0, 0.1) is 0 Å². The number of likely N-dealkylation sites (N-methyl/N-ethyl adjacent to an activating group) is 1. The van der Waals surface area contributed by atoms with E-state index in [1.54, 1.807) is 21.0 Å². The van der Waals surface area contributed by atoms with Crippen LogP contribution < -0.4 is 4.90 Å². The molecule has 0 bridgehead atoms. The summed E-state index contributed by atoms with van der Waals surface area (Å²) in [6.07, 6.45) is 0.246. The van der Waals surface area contributed by atoms with Crippen molar-refractivity contribution in [2.75, 3.05) is 25.5 Å². The number of anilines is 1. The monoisotopic (exact) mass is 511 g/mol. The maximum atomic E-state index is 13.5. The van der Waals surface area contributed by atoms with Gasteiger partial charge >= 0.3 is 6.03 Å². The van der Waals surface area contributed by atoms with Gasteiger partial charge in [0.25, 0.3) is 5.91 Å². The third-order valence-corrected chi connectivity index (χ3v) is 6.01. The molecule has 0 unspecified atom stereocenters. The highest BCUT2D eigenvalue weighted by atomic mass is 79.9. The summed E-state index contributed by atoms with van der Waals surface area (Å²) in [6.45, 7) is 1.44. The van der Waals surface area contributed by atoms with Crippen molar-refractivity contribution in [3.63, 3.8) is 0 Å². The van der Waals surface area contributed by atoms with E-state index in [0.29, 0.717) is 10.0 Å². The van der Waals surface area contributed by atoms with Crippen molar-refractivity contribution >= 4 is 62.7 Å². The van der Waals surface area contributed by atoms with Crippen LogP contribution in [-0.2, 0) is 16.0 Å². The van der Waals surface area contributed by atoms with Gasteiger partial charge in [-0.15, -0.1) is 0 Å². The van der Waals surface area contributed by atoms with Crippen LogP contribution in [0.3, 0.4) is 0 Å². The van der Waals surface area contributed by atoms with E-state index in [0.717, 1.165) is 14.9 Å². The van der Waals surface area contributed by atoms with Crippen LogP contribution in [0.2, 0.25) is 10.0 Å². The van der Waals surface area contributed by atoms with E-state index in [1.165, 1.54) is 28.0 Å². The quantitative estimate of drug-likeness (QED) is 0.549. The first kappa shape index (κ1) is 22.6. The first-order chi connectivity index (χ1) is 14.0. The third kappa shape index (κ3) is 4.33. The number of amides is 4. The number of hydrogen-bond acceptors (Lipinski definition) is 3. The van der Waals surface area contributed by atoms with Gasteiger partial charge in [0.2, 0.25) is 5.91 Å². The topological polar surface area (TPSA) is 60.9 Å². The molecule has 1 aliphatic heterocycles. The molecule has 0 spiro atoms. The lowest BCUT2D eigenvalue weighted by molar-refractivity contribution is -0.131. The Hall–Kier alpha value is -2.09. The van der Waals surface area contributed by atoms with Gasteiger partial charge in [0.15, 0.2) is 0 Å². The third-order valence-electron chi connectivity index (χ3n) is 5.04. The molecule has 2 aromatic carbocycles. The lowest BCUT2D eigenvalue weighted by atomic mass is 9.91. The Kier molecular flexibility index (Phi) is 6.45. The Morgan fingerprint density at radius 1 is 1.07 bits per heavy atom. The second-order valence-corrected chi connectivity index (χ2v) is 9.29. The normalized spacial score (nSPS) is 18.9. The fourth-order valence-corrected chi connectivity index (χ4v) is 4.14. The molecule has 0 N–H and O–H groups in total. The molecule has 3 rings (SSSR count). The zero-order chi connectivity index (χ0) is 22.2. The van der Waals surface area contributed by atoms with Crippen molar-refractivity contribution in [2.45, 2.75) is 18.9 Å². The largest absolute Gasteiger partial charge is 0.347 e. The van der Waals surface area contributed by atoms with Crippen molar-refractivity contribution in [3.8, 4) is 0 Å². The summed E-state index contributed by atoms with van der Waals surface area (Å²) >= 11 is 15.6. The van der Waals surface area contributed by atoms with Gasteiger partial charge in [-0.25, -0.2) is 9.69 Å². The van der Waals surface area contributed by atoms with Crippen molar-refractivity contribution in [2.24, 2.45) is 0 Å². The molecule has 0 saturated carbocycles. The summed E-state index contributed by atoms with van der Waals surface area (Å²) in [5.41, 5.74) is -0.134. The van der Waals surface area contributed by atoms with E-state index in [4.69, 9.17) is 23.2 Å². The second-order valence-electron chi connectivity index (χ2n) is 7.50. The van der Waals surface area contributed by atoms with Crippen molar-refractivity contribution in [1.29, 1.82) is 0 Å². The Balaban J connectivity index is 2.06. The molecular weight excluding hydrogens is 493 g/mol. The molecule has 2 aromatic rings. The number of imide groups is 1. The summed E-state index contributed by atoms with van der Waals surface area (Å²) in [6, 6.07) is 11.4. The van der Waals surface area contributed by atoms with Gasteiger partial charge in [-0.3, -0.25) is 14.5 Å². The zero-order valence-corrected chi connectivity index (χ0v) is 19.8. The minimum absolute atomic E-state index is 0.227. The van der Waals surface area contributed by atoms with Crippen molar-refractivity contribution < 1.29 is 14.4 Å². The molecular formula is C21H20BrCl2N3O3. The standard InChI is InChI=1S/C21H20BrCl2N3O3/c1-21(11-13-4-6-14(22)7-5-13)19(29)27(17-9-15(23)8-16(24)10-17)20(30)26(21)12-18(28)25(2)3/h4-10H,11-12H2,1-3H3/t21-/m1/s1. The minimum Gasteiger partial charge on any atom is -0.347 e. The molecule has 0 aliphatic carbocycles.